The first kappa shape index (κ1) is 15.3. The minimum atomic E-state index is -0.473. The molecule has 0 unspecified atom stereocenters. The molecule has 1 fully saturated rings. The number of aryl methyl sites for hydroxylation is 1. The van der Waals surface area contributed by atoms with Crippen LogP contribution in [0, 0.1) is 18.3 Å². The maximum atomic E-state index is 12.2. The lowest BCUT2D eigenvalue weighted by atomic mass is 10.0. The molecule has 0 aromatic heterocycles. The van der Waals surface area contributed by atoms with Gasteiger partial charge in [0.15, 0.2) is 0 Å². The molecule has 2 rings (SSSR count). The van der Waals surface area contributed by atoms with Gasteiger partial charge in [0.1, 0.15) is 5.54 Å². The van der Waals surface area contributed by atoms with Gasteiger partial charge in [-0.05, 0) is 32.9 Å². The average molecular weight is 286 g/mol. The van der Waals surface area contributed by atoms with Crippen molar-refractivity contribution in [1.29, 1.82) is 5.26 Å². The number of hydrogen-bond acceptors (Lipinski definition) is 3. The largest absolute Gasteiger partial charge is 0.322 e. The van der Waals surface area contributed by atoms with Gasteiger partial charge >= 0.3 is 6.03 Å². The summed E-state index contributed by atoms with van der Waals surface area (Å²) in [7, 11) is 0. The van der Waals surface area contributed by atoms with Gasteiger partial charge in [-0.15, -0.1) is 0 Å². The molecule has 1 aromatic rings. The van der Waals surface area contributed by atoms with Gasteiger partial charge in [-0.25, -0.2) is 4.79 Å². The van der Waals surface area contributed by atoms with E-state index in [1.165, 1.54) is 5.56 Å². The third-order valence-electron chi connectivity index (χ3n) is 3.93. The number of amides is 2. The molecule has 112 valence electrons. The Kier molecular flexibility index (Phi) is 4.49. The van der Waals surface area contributed by atoms with Gasteiger partial charge in [0.25, 0.3) is 0 Å². The second kappa shape index (κ2) is 6.15. The number of anilines is 1. The molecule has 0 saturated carbocycles. The van der Waals surface area contributed by atoms with Crippen LogP contribution in [0.1, 0.15) is 19.4 Å². The molecule has 2 amide bonds. The van der Waals surface area contributed by atoms with Crippen molar-refractivity contribution in [3.63, 3.8) is 0 Å². The average Bonchev–Trinajstić information content (AvgIpc) is 2.49. The Balaban J connectivity index is 1.89. The Labute approximate surface area is 126 Å². The van der Waals surface area contributed by atoms with E-state index in [2.05, 4.69) is 16.3 Å². The minimum absolute atomic E-state index is 0.0757. The number of carbonyl (C=O) groups is 1. The Morgan fingerprint density at radius 2 is 1.76 bits per heavy atom. The number of urea groups is 1. The molecule has 1 aliphatic rings. The van der Waals surface area contributed by atoms with Gasteiger partial charge in [-0.2, -0.15) is 5.26 Å². The molecular weight excluding hydrogens is 264 g/mol. The van der Waals surface area contributed by atoms with Crippen molar-refractivity contribution in [3.8, 4) is 6.07 Å². The highest BCUT2D eigenvalue weighted by Crippen LogP contribution is 2.17. The third-order valence-corrected chi connectivity index (χ3v) is 3.93. The molecule has 21 heavy (non-hydrogen) atoms. The SMILES string of the molecule is Cc1ccc(NC(=O)N2CCN(C(C)(C)C#N)CC2)cc1. The molecular formula is C16H22N4O. The van der Waals surface area contributed by atoms with Crippen LogP contribution in [0.4, 0.5) is 10.5 Å². The fourth-order valence-electron chi connectivity index (χ4n) is 2.38. The molecule has 5 heteroatoms. The summed E-state index contributed by atoms with van der Waals surface area (Å²) in [6.07, 6.45) is 0. The summed E-state index contributed by atoms with van der Waals surface area (Å²) in [6.45, 7) is 8.57. The highest BCUT2D eigenvalue weighted by Gasteiger charge is 2.31. The summed E-state index contributed by atoms with van der Waals surface area (Å²) in [5, 5.41) is 12.1. The molecule has 0 atom stereocenters. The summed E-state index contributed by atoms with van der Waals surface area (Å²) in [5.74, 6) is 0. The zero-order valence-electron chi connectivity index (χ0n) is 12.9. The van der Waals surface area contributed by atoms with Crippen molar-refractivity contribution in [1.82, 2.24) is 9.80 Å². The normalized spacial score (nSPS) is 16.4. The summed E-state index contributed by atoms with van der Waals surface area (Å²) < 4.78 is 0. The zero-order valence-corrected chi connectivity index (χ0v) is 12.9. The number of rotatable bonds is 2. The fourth-order valence-corrected chi connectivity index (χ4v) is 2.38. The van der Waals surface area contributed by atoms with E-state index in [9.17, 15) is 4.79 Å². The highest BCUT2D eigenvalue weighted by atomic mass is 16.2. The number of hydrogen-bond donors (Lipinski definition) is 1. The number of nitrogens with one attached hydrogen (secondary N) is 1. The van der Waals surface area contributed by atoms with Gasteiger partial charge in [0, 0.05) is 31.9 Å². The van der Waals surface area contributed by atoms with Gasteiger partial charge in [-0.3, -0.25) is 4.90 Å². The summed E-state index contributed by atoms with van der Waals surface area (Å²) >= 11 is 0. The summed E-state index contributed by atoms with van der Waals surface area (Å²) in [4.78, 5) is 16.1. The molecule has 1 aliphatic heterocycles. The van der Waals surface area contributed by atoms with E-state index in [4.69, 9.17) is 5.26 Å². The molecule has 1 saturated heterocycles. The van der Waals surface area contributed by atoms with E-state index in [1.54, 1.807) is 4.90 Å². The standard InChI is InChI=1S/C16H22N4O/c1-13-4-6-14(7-5-13)18-15(21)19-8-10-20(11-9-19)16(2,3)12-17/h4-7H,8-11H2,1-3H3,(H,18,21). The highest BCUT2D eigenvalue weighted by molar-refractivity contribution is 5.89. The Morgan fingerprint density at radius 3 is 2.29 bits per heavy atom. The lowest BCUT2D eigenvalue weighted by Crippen LogP contribution is -2.55. The molecule has 0 radical (unpaired) electrons. The Hall–Kier alpha value is -2.06. The molecule has 0 bridgehead atoms. The molecule has 5 nitrogen and oxygen atoms in total. The minimum Gasteiger partial charge on any atom is -0.322 e. The monoisotopic (exact) mass is 286 g/mol. The Bertz CT molecular complexity index is 536. The van der Waals surface area contributed by atoms with Crippen molar-refractivity contribution >= 4 is 11.7 Å². The van der Waals surface area contributed by atoms with E-state index in [-0.39, 0.29) is 6.03 Å². The molecule has 0 spiro atoms. The fraction of sp³-hybridized carbons (Fsp3) is 0.500. The van der Waals surface area contributed by atoms with Crippen molar-refractivity contribution < 1.29 is 4.79 Å². The second-order valence-corrected chi connectivity index (χ2v) is 5.94. The van der Waals surface area contributed by atoms with Gasteiger partial charge in [0.2, 0.25) is 0 Å². The van der Waals surface area contributed by atoms with Crippen LogP contribution in [0.15, 0.2) is 24.3 Å². The quantitative estimate of drug-likeness (QED) is 0.908. The van der Waals surface area contributed by atoms with Crippen LogP contribution in [0.3, 0.4) is 0 Å². The Morgan fingerprint density at radius 1 is 1.19 bits per heavy atom. The van der Waals surface area contributed by atoms with E-state index < -0.39 is 5.54 Å². The van der Waals surface area contributed by atoms with Crippen LogP contribution in [0.25, 0.3) is 0 Å². The zero-order chi connectivity index (χ0) is 15.5. The summed E-state index contributed by atoms with van der Waals surface area (Å²) in [6, 6.07) is 9.99. The lowest BCUT2D eigenvalue weighted by Gasteiger charge is -2.40. The van der Waals surface area contributed by atoms with Crippen LogP contribution in [-0.4, -0.2) is 47.5 Å². The first-order chi connectivity index (χ1) is 9.92. The second-order valence-electron chi connectivity index (χ2n) is 5.94. The maximum Gasteiger partial charge on any atom is 0.321 e. The van der Waals surface area contributed by atoms with Crippen LogP contribution in [-0.2, 0) is 0 Å². The third kappa shape index (κ3) is 3.73. The van der Waals surface area contributed by atoms with Gasteiger partial charge in [0.05, 0.1) is 6.07 Å². The number of benzene rings is 1. The maximum absolute atomic E-state index is 12.2. The molecule has 0 aliphatic carbocycles. The molecule has 1 aromatic carbocycles. The van der Waals surface area contributed by atoms with Crippen LogP contribution in [0.2, 0.25) is 0 Å². The first-order valence-electron chi connectivity index (χ1n) is 7.21. The van der Waals surface area contributed by atoms with Crippen molar-refractivity contribution in [2.45, 2.75) is 26.3 Å². The number of piperazine rings is 1. The first-order valence-corrected chi connectivity index (χ1v) is 7.21. The van der Waals surface area contributed by atoms with E-state index in [0.29, 0.717) is 13.1 Å². The van der Waals surface area contributed by atoms with Crippen molar-refractivity contribution in [3.05, 3.63) is 29.8 Å². The van der Waals surface area contributed by atoms with Crippen LogP contribution in [0.5, 0.6) is 0 Å². The van der Waals surface area contributed by atoms with E-state index >= 15 is 0 Å². The topological polar surface area (TPSA) is 59.4 Å². The molecule has 1 N–H and O–H groups in total. The van der Waals surface area contributed by atoms with Crippen molar-refractivity contribution in [2.75, 3.05) is 31.5 Å². The van der Waals surface area contributed by atoms with Crippen LogP contribution < -0.4 is 5.32 Å². The number of nitriles is 1. The molecule has 1 heterocycles. The smallest absolute Gasteiger partial charge is 0.321 e. The summed E-state index contributed by atoms with van der Waals surface area (Å²) in [5.41, 5.74) is 1.50. The number of nitrogens with zero attached hydrogens (tertiary/aromatic N) is 3. The van der Waals surface area contributed by atoms with E-state index in [0.717, 1.165) is 18.8 Å². The lowest BCUT2D eigenvalue weighted by molar-refractivity contribution is 0.0964. The van der Waals surface area contributed by atoms with Crippen LogP contribution >= 0.6 is 0 Å². The number of carbonyl (C=O) groups excluding carboxylic acids is 1. The van der Waals surface area contributed by atoms with E-state index in [1.807, 2.05) is 45.0 Å². The predicted molar refractivity (Wildman–Crippen MR) is 83.0 cm³/mol. The van der Waals surface area contributed by atoms with Gasteiger partial charge in [-0.1, -0.05) is 17.7 Å². The van der Waals surface area contributed by atoms with Crippen molar-refractivity contribution in [2.24, 2.45) is 0 Å². The van der Waals surface area contributed by atoms with Gasteiger partial charge < -0.3 is 10.2 Å². The predicted octanol–water partition coefficient (Wildman–Crippen LogP) is 2.45.